The first-order valence-corrected chi connectivity index (χ1v) is 8.22. The van der Waals surface area contributed by atoms with E-state index in [9.17, 15) is 24.8 Å². The minimum atomic E-state index is -1.37. The van der Waals surface area contributed by atoms with E-state index in [1.807, 2.05) is 0 Å². The third-order valence-corrected chi connectivity index (χ3v) is 3.99. The third-order valence-electron chi connectivity index (χ3n) is 3.99. The zero-order chi connectivity index (χ0) is 21.7. The molecule has 11 heteroatoms. The van der Waals surface area contributed by atoms with Gasteiger partial charge in [-0.3, -0.25) is 9.36 Å². The van der Waals surface area contributed by atoms with Crippen molar-refractivity contribution in [1.29, 1.82) is 5.26 Å². The molecule has 0 bridgehead atoms. The normalized spacial score (nSPS) is 10.8. The van der Waals surface area contributed by atoms with E-state index in [1.54, 1.807) is 6.07 Å². The quantitative estimate of drug-likeness (QED) is 0.507. The Morgan fingerprint density at radius 2 is 1.72 bits per heavy atom. The Bertz CT molecular complexity index is 1080. The summed E-state index contributed by atoms with van der Waals surface area (Å²) in [5.74, 6) is -3.31. The smallest absolute Gasteiger partial charge is 0.335 e. The fourth-order valence-electron chi connectivity index (χ4n) is 2.52. The molecular weight excluding hydrogens is 384 g/mol. The molecule has 0 spiro atoms. The predicted octanol–water partition coefficient (Wildman–Crippen LogP) is 1.93. The highest BCUT2D eigenvalue weighted by molar-refractivity contribution is 5.95. The van der Waals surface area contributed by atoms with E-state index in [-0.39, 0.29) is 53.2 Å². The second-order valence-corrected chi connectivity index (χ2v) is 5.90. The van der Waals surface area contributed by atoms with Crippen LogP contribution in [-0.4, -0.2) is 43.5 Å². The number of carbonyl (C=O) groups is 2. The number of rotatable bonds is 7. The summed E-state index contributed by atoms with van der Waals surface area (Å²) >= 11 is 0. The lowest BCUT2D eigenvalue weighted by atomic mass is 10.1. The summed E-state index contributed by atoms with van der Waals surface area (Å²) < 4.78 is 0.868. The zero-order valence-corrected chi connectivity index (χ0v) is 15.2. The van der Waals surface area contributed by atoms with Gasteiger partial charge in [0.05, 0.1) is 16.8 Å². The number of nitriles is 1. The van der Waals surface area contributed by atoms with Crippen LogP contribution in [0.2, 0.25) is 0 Å². The average Bonchev–Trinajstić information content (AvgIpc) is 2.67. The van der Waals surface area contributed by atoms with Crippen molar-refractivity contribution in [3.63, 3.8) is 0 Å². The highest BCUT2D eigenvalue weighted by Gasteiger charge is 2.19. The van der Waals surface area contributed by atoms with Crippen molar-refractivity contribution in [1.82, 2.24) is 4.57 Å². The average molecular weight is 400 g/mol. The summed E-state index contributed by atoms with van der Waals surface area (Å²) in [4.78, 5) is 35.0. The first-order valence-electron chi connectivity index (χ1n) is 8.22. The highest BCUT2D eigenvalue weighted by atomic mass is 16.4. The maximum Gasteiger partial charge on any atom is 0.335 e. The van der Waals surface area contributed by atoms with E-state index < -0.39 is 23.4 Å². The lowest BCUT2D eigenvalue weighted by Crippen LogP contribution is -2.22. The Hall–Kier alpha value is -4.04. The van der Waals surface area contributed by atoms with Gasteiger partial charge in [-0.1, -0.05) is 0 Å². The van der Waals surface area contributed by atoms with Crippen LogP contribution in [0.1, 0.15) is 38.3 Å². The van der Waals surface area contributed by atoms with Crippen molar-refractivity contribution < 1.29 is 30.0 Å². The van der Waals surface area contributed by atoms with Crippen molar-refractivity contribution in [2.75, 3.05) is 6.61 Å². The van der Waals surface area contributed by atoms with Gasteiger partial charge < -0.3 is 20.4 Å². The third kappa shape index (κ3) is 4.45. The van der Waals surface area contributed by atoms with Gasteiger partial charge in [-0.15, -0.1) is 5.11 Å². The number of hydrogen-bond donors (Lipinski definition) is 4. The van der Waals surface area contributed by atoms with Crippen LogP contribution in [0.3, 0.4) is 0 Å². The fraction of sp³-hybridized carbons (Fsp3) is 0.222. The molecule has 150 valence electrons. The standard InChI is InChI=1S/C18H16N4O7/c1-9-13(8-19)15(24)22(3-2-4-23)16(25)14(9)21-20-12-6-10(17(26)27)5-11(7-12)18(28)29/h5-7,23-24H,2-4H2,1H3,(H,26,27)(H,28,29). The summed E-state index contributed by atoms with van der Waals surface area (Å²) in [5, 5.41) is 54.1. The second kappa shape index (κ2) is 8.77. The van der Waals surface area contributed by atoms with Gasteiger partial charge in [0.15, 0.2) is 5.69 Å². The predicted molar refractivity (Wildman–Crippen MR) is 98.1 cm³/mol. The Morgan fingerprint density at radius 3 is 2.21 bits per heavy atom. The lowest BCUT2D eigenvalue weighted by molar-refractivity contribution is 0.0696. The maximum atomic E-state index is 12.6. The van der Waals surface area contributed by atoms with Crippen LogP contribution in [0.25, 0.3) is 0 Å². The molecule has 0 radical (unpaired) electrons. The van der Waals surface area contributed by atoms with Gasteiger partial charge in [0, 0.05) is 18.7 Å². The van der Waals surface area contributed by atoms with Crippen molar-refractivity contribution >= 4 is 23.3 Å². The summed E-state index contributed by atoms with van der Waals surface area (Å²) in [5.41, 5.74) is -2.01. The molecule has 11 nitrogen and oxygen atoms in total. The number of hydrogen-bond acceptors (Lipinski definition) is 8. The van der Waals surface area contributed by atoms with Crippen molar-refractivity contribution in [3.05, 3.63) is 50.8 Å². The van der Waals surface area contributed by atoms with Crippen molar-refractivity contribution in [2.45, 2.75) is 19.9 Å². The molecule has 2 aromatic rings. The van der Waals surface area contributed by atoms with E-state index in [2.05, 4.69) is 10.2 Å². The SMILES string of the molecule is Cc1c(C#N)c(O)n(CCCO)c(=O)c1N=Nc1cc(C(=O)O)cc(C(=O)O)c1. The van der Waals surface area contributed by atoms with Gasteiger partial charge in [-0.05, 0) is 31.5 Å². The van der Waals surface area contributed by atoms with Gasteiger partial charge in [0.25, 0.3) is 5.56 Å². The summed E-state index contributed by atoms with van der Waals surface area (Å²) in [6.07, 6.45) is 0.139. The molecule has 0 atom stereocenters. The first-order chi connectivity index (χ1) is 13.7. The van der Waals surface area contributed by atoms with E-state index in [4.69, 9.17) is 15.3 Å². The number of aromatic nitrogens is 1. The van der Waals surface area contributed by atoms with Crippen LogP contribution >= 0.6 is 0 Å². The maximum absolute atomic E-state index is 12.6. The van der Waals surface area contributed by atoms with Crippen LogP contribution in [0.5, 0.6) is 5.88 Å². The van der Waals surface area contributed by atoms with Crippen LogP contribution in [0, 0.1) is 18.3 Å². The van der Waals surface area contributed by atoms with E-state index in [1.165, 1.54) is 6.92 Å². The Balaban J connectivity index is 2.64. The van der Waals surface area contributed by atoms with E-state index >= 15 is 0 Å². The molecule has 0 unspecified atom stereocenters. The van der Waals surface area contributed by atoms with Gasteiger partial charge in [0.1, 0.15) is 11.6 Å². The summed E-state index contributed by atoms with van der Waals surface area (Å²) in [7, 11) is 0. The zero-order valence-electron chi connectivity index (χ0n) is 15.2. The molecule has 2 rings (SSSR count). The number of azo groups is 1. The van der Waals surface area contributed by atoms with Gasteiger partial charge in [-0.2, -0.15) is 10.4 Å². The molecule has 0 aliphatic carbocycles. The van der Waals surface area contributed by atoms with E-state index in [0.717, 1.165) is 22.8 Å². The lowest BCUT2D eigenvalue weighted by Gasteiger charge is -2.12. The Labute approximate surface area is 163 Å². The minimum Gasteiger partial charge on any atom is -0.493 e. The molecule has 0 saturated heterocycles. The molecule has 0 aliphatic heterocycles. The Morgan fingerprint density at radius 1 is 1.14 bits per heavy atom. The number of aromatic hydroxyl groups is 1. The molecule has 1 aromatic heterocycles. The van der Waals surface area contributed by atoms with Gasteiger partial charge >= 0.3 is 11.9 Å². The monoisotopic (exact) mass is 400 g/mol. The number of benzene rings is 1. The topological polar surface area (TPSA) is 186 Å². The van der Waals surface area contributed by atoms with E-state index in [0.29, 0.717) is 0 Å². The number of carboxylic acids is 2. The van der Waals surface area contributed by atoms with Crippen molar-refractivity contribution in [2.24, 2.45) is 10.2 Å². The molecule has 1 heterocycles. The van der Waals surface area contributed by atoms with Crippen LogP contribution in [-0.2, 0) is 6.54 Å². The molecule has 0 amide bonds. The number of aliphatic hydroxyl groups is 1. The largest absolute Gasteiger partial charge is 0.493 e. The minimum absolute atomic E-state index is 0.0480. The highest BCUT2D eigenvalue weighted by Crippen LogP contribution is 2.27. The fourth-order valence-corrected chi connectivity index (χ4v) is 2.52. The number of aliphatic hydroxyl groups excluding tert-OH is 1. The second-order valence-electron chi connectivity index (χ2n) is 5.90. The number of aromatic carboxylic acids is 2. The van der Waals surface area contributed by atoms with Gasteiger partial charge in [0.2, 0.25) is 5.88 Å². The van der Waals surface area contributed by atoms with Crippen LogP contribution < -0.4 is 5.56 Å². The number of nitrogens with zero attached hydrogens (tertiary/aromatic N) is 4. The molecule has 0 saturated carbocycles. The van der Waals surface area contributed by atoms with Crippen molar-refractivity contribution in [3.8, 4) is 11.9 Å². The Kier molecular flexibility index (Phi) is 6.43. The molecule has 29 heavy (non-hydrogen) atoms. The molecule has 0 aliphatic rings. The first kappa shape index (κ1) is 21.3. The molecule has 1 aromatic carbocycles. The van der Waals surface area contributed by atoms with Gasteiger partial charge in [-0.25, -0.2) is 9.59 Å². The molecular formula is C18H16N4O7. The molecule has 4 N–H and O–H groups in total. The summed E-state index contributed by atoms with van der Waals surface area (Å²) in [6, 6.07) is 4.86. The molecule has 0 fully saturated rings. The van der Waals surface area contributed by atoms with Crippen LogP contribution in [0.15, 0.2) is 33.2 Å². The summed E-state index contributed by atoms with van der Waals surface area (Å²) in [6.45, 7) is 1.05. The van der Waals surface area contributed by atoms with Crippen LogP contribution in [0.4, 0.5) is 11.4 Å². The number of pyridine rings is 1. The number of carboxylic acid groups (broad SMARTS) is 2.